The lowest BCUT2D eigenvalue weighted by molar-refractivity contribution is 0.834. The highest BCUT2D eigenvalue weighted by Gasteiger charge is 2.05. The number of nitrogens with two attached hydrogens (primary N) is 1. The molecule has 0 amide bonds. The molecule has 0 saturated heterocycles. The standard InChI is InChI=1S/C12H15N3/c1-10-4-2-3-5-11(10)15-9-8-14-12(15)6-7-13/h2-5,8-9H,6-7,13H2,1H3. The fourth-order valence-corrected chi connectivity index (χ4v) is 1.70. The van der Waals surface area contributed by atoms with Crippen molar-refractivity contribution >= 4 is 0 Å². The van der Waals surface area contributed by atoms with Crippen LogP contribution in [0, 0.1) is 6.92 Å². The van der Waals surface area contributed by atoms with E-state index in [1.807, 2.05) is 24.5 Å². The number of nitrogens with zero attached hydrogens (tertiary/aromatic N) is 2. The highest BCUT2D eigenvalue weighted by Crippen LogP contribution is 2.15. The van der Waals surface area contributed by atoms with Crippen LogP contribution in [0.4, 0.5) is 0 Å². The third-order valence-corrected chi connectivity index (χ3v) is 2.46. The maximum Gasteiger partial charge on any atom is 0.114 e. The van der Waals surface area contributed by atoms with E-state index < -0.39 is 0 Å². The van der Waals surface area contributed by atoms with Crippen molar-refractivity contribution in [1.29, 1.82) is 0 Å². The Morgan fingerprint density at radius 3 is 2.87 bits per heavy atom. The molecule has 2 N–H and O–H groups in total. The van der Waals surface area contributed by atoms with E-state index in [1.165, 1.54) is 11.3 Å². The topological polar surface area (TPSA) is 43.8 Å². The van der Waals surface area contributed by atoms with Crippen molar-refractivity contribution in [2.45, 2.75) is 13.3 Å². The first-order valence-corrected chi connectivity index (χ1v) is 5.11. The third-order valence-electron chi connectivity index (χ3n) is 2.46. The van der Waals surface area contributed by atoms with Gasteiger partial charge in [0.1, 0.15) is 5.82 Å². The molecule has 0 bridgehead atoms. The zero-order chi connectivity index (χ0) is 10.7. The van der Waals surface area contributed by atoms with Crippen molar-refractivity contribution in [1.82, 2.24) is 9.55 Å². The van der Waals surface area contributed by atoms with Crippen LogP contribution in [0.15, 0.2) is 36.7 Å². The number of imidazole rings is 1. The summed E-state index contributed by atoms with van der Waals surface area (Å²) in [4.78, 5) is 4.31. The van der Waals surface area contributed by atoms with Crippen LogP contribution in [0.5, 0.6) is 0 Å². The largest absolute Gasteiger partial charge is 0.330 e. The van der Waals surface area contributed by atoms with Gasteiger partial charge in [0.05, 0.1) is 0 Å². The molecule has 2 aromatic rings. The first-order chi connectivity index (χ1) is 7.33. The van der Waals surface area contributed by atoms with Gasteiger partial charge in [-0.1, -0.05) is 18.2 Å². The molecular weight excluding hydrogens is 186 g/mol. The summed E-state index contributed by atoms with van der Waals surface area (Å²) >= 11 is 0. The van der Waals surface area contributed by atoms with Crippen LogP contribution in [0.25, 0.3) is 5.69 Å². The number of benzene rings is 1. The van der Waals surface area contributed by atoms with Crippen LogP contribution in [-0.2, 0) is 6.42 Å². The Morgan fingerprint density at radius 2 is 2.13 bits per heavy atom. The van der Waals surface area contributed by atoms with E-state index in [4.69, 9.17) is 5.73 Å². The second-order valence-corrected chi connectivity index (χ2v) is 3.54. The van der Waals surface area contributed by atoms with E-state index in [-0.39, 0.29) is 0 Å². The number of rotatable bonds is 3. The van der Waals surface area contributed by atoms with Crippen molar-refractivity contribution in [2.75, 3.05) is 6.54 Å². The molecule has 1 heterocycles. The Morgan fingerprint density at radius 1 is 1.33 bits per heavy atom. The molecule has 3 nitrogen and oxygen atoms in total. The van der Waals surface area contributed by atoms with E-state index in [2.05, 4.69) is 28.6 Å². The minimum Gasteiger partial charge on any atom is -0.330 e. The third kappa shape index (κ3) is 1.92. The molecule has 0 spiro atoms. The Labute approximate surface area is 89.6 Å². The molecule has 0 fully saturated rings. The summed E-state index contributed by atoms with van der Waals surface area (Å²) in [5.74, 6) is 1.02. The summed E-state index contributed by atoms with van der Waals surface area (Å²) < 4.78 is 2.10. The lowest BCUT2D eigenvalue weighted by Gasteiger charge is -2.09. The molecule has 15 heavy (non-hydrogen) atoms. The van der Waals surface area contributed by atoms with Crippen molar-refractivity contribution in [3.8, 4) is 5.69 Å². The Bertz CT molecular complexity index is 446. The molecule has 0 aliphatic carbocycles. The molecule has 0 radical (unpaired) electrons. The zero-order valence-electron chi connectivity index (χ0n) is 8.85. The fraction of sp³-hybridized carbons (Fsp3) is 0.250. The summed E-state index contributed by atoms with van der Waals surface area (Å²) in [5.41, 5.74) is 7.97. The van der Waals surface area contributed by atoms with Crippen LogP contribution < -0.4 is 5.73 Å². The summed E-state index contributed by atoms with van der Waals surface area (Å²) in [6.07, 6.45) is 4.60. The van der Waals surface area contributed by atoms with Crippen LogP contribution in [0.2, 0.25) is 0 Å². The molecule has 2 rings (SSSR count). The number of para-hydroxylation sites is 1. The Hall–Kier alpha value is -1.61. The van der Waals surface area contributed by atoms with Gasteiger partial charge in [0.15, 0.2) is 0 Å². The summed E-state index contributed by atoms with van der Waals surface area (Å²) in [7, 11) is 0. The maximum absolute atomic E-state index is 5.55. The van der Waals surface area contributed by atoms with Gasteiger partial charge >= 0.3 is 0 Å². The SMILES string of the molecule is Cc1ccccc1-n1ccnc1CCN. The van der Waals surface area contributed by atoms with Gasteiger partial charge in [-0.05, 0) is 25.1 Å². The van der Waals surface area contributed by atoms with Gasteiger partial charge in [0.25, 0.3) is 0 Å². The van der Waals surface area contributed by atoms with Crippen LogP contribution in [0.1, 0.15) is 11.4 Å². The first kappa shape index (κ1) is 9.93. The number of hydrogen-bond acceptors (Lipinski definition) is 2. The van der Waals surface area contributed by atoms with Gasteiger partial charge in [0, 0.05) is 24.5 Å². The predicted octanol–water partition coefficient (Wildman–Crippen LogP) is 1.68. The van der Waals surface area contributed by atoms with Gasteiger partial charge in [0.2, 0.25) is 0 Å². The van der Waals surface area contributed by atoms with Crippen LogP contribution >= 0.6 is 0 Å². The molecule has 1 aromatic heterocycles. The average Bonchev–Trinajstić information content (AvgIpc) is 2.67. The van der Waals surface area contributed by atoms with Crippen molar-refractivity contribution in [2.24, 2.45) is 5.73 Å². The molecule has 1 aromatic carbocycles. The number of hydrogen-bond donors (Lipinski definition) is 1. The van der Waals surface area contributed by atoms with E-state index in [0.29, 0.717) is 6.54 Å². The van der Waals surface area contributed by atoms with Crippen molar-refractivity contribution in [3.05, 3.63) is 48.0 Å². The molecule has 78 valence electrons. The Kier molecular flexibility index (Phi) is 2.83. The lowest BCUT2D eigenvalue weighted by atomic mass is 10.2. The number of aromatic nitrogens is 2. The molecule has 0 atom stereocenters. The average molecular weight is 201 g/mol. The predicted molar refractivity (Wildman–Crippen MR) is 61.1 cm³/mol. The van der Waals surface area contributed by atoms with Gasteiger partial charge in [-0.15, -0.1) is 0 Å². The monoisotopic (exact) mass is 201 g/mol. The quantitative estimate of drug-likeness (QED) is 0.821. The summed E-state index contributed by atoms with van der Waals surface area (Å²) in [6.45, 7) is 2.73. The van der Waals surface area contributed by atoms with E-state index in [9.17, 15) is 0 Å². The highest BCUT2D eigenvalue weighted by molar-refractivity contribution is 5.41. The first-order valence-electron chi connectivity index (χ1n) is 5.11. The van der Waals surface area contributed by atoms with E-state index in [1.54, 1.807) is 0 Å². The van der Waals surface area contributed by atoms with Gasteiger partial charge < -0.3 is 10.3 Å². The Balaban J connectivity index is 2.45. The molecule has 0 aliphatic rings. The minimum absolute atomic E-state index is 0.628. The highest BCUT2D eigenvalue weighted by atomic mass is 15.1. The summed E-state index contributed by atoms with van der Waals surface area (Å²) in [5, 5.41) is 0. The lowest BCUT2D eigenvalue weighted by Crippen LogP contribution is -2.09. The minimum atomic E-state index is 0.628. The molecule has 0 aliphatic heterocycles. The summed E-state index contributed by atoms with van der Waals surface area (Å²) in [6, 6.07) is 8.27. The normalized spacial score (nSPS) is 10.5. The maximum atomic E-state index is 5.55. The zero-order valence-corrected chi connectivity index (χ0v) is 8.85. The van der Waals surface area contributed by atoms with Gasteiger partial charge in [-0.2, -0.15) is 0 Å². The van der Waals surface area contributed by atoms with Gasteiger partial charge in [-0.25, -0.2) is 4.98 Å². The second kappa shape index (κ2) is 4.28. The molecular formula is C12H15N3. The number of aryl methyl sites for hydroxylation is 1. The molecule has 0 saturated carbocycles. The molecule has 3 heteroatoms. The second-order valence-electron chi connectivity index (χ2n) is 3.54. The van der Waals surface area contributed by atoms with E-state index >= 15 is 0 Å². The molecule has 0 unspecified atom stereocenters. The fourth-order valence-electron chi connectivity index (χ4n) is 1.70. The van der Waals surface area contributed by atoms with Crippen molar-refractivity contribution in [3.63, 3.8) is 0 Å². The van der Waals surface area contributed by atoms with Crippen molar-refractivity contribution < 1.29 is 0 Å². The van der Waals surface area contributed by atoms with Crippen LogP contribution in [-0.4, -0.2) is 16.1 Å². The van der Waals surface area contributed by atoms with E-state index in [0.717, 1.165) is 12.2 Å². The van der Waals surface area contributed by atoms with Crippen LogP contribution in [0.3, 0.4) is 0 Å². The van der Waals surface area contributed by atoms with Gasteiger partial charge in [-0.3, -0.25) is 0 Å². The smallest absolute Gasteiger partial charge is 0.114 e.